The van der Waals surface area contributed by atoms with Crippen LogP contribution in [0.3, 0.4) is 0 Å². The largest absolute Gasteiger partial charge is 0.497 e. The number of hydrogen-bond acceptors (Lipinski definition) is 2. The number of benzene rings is 2. The van der Waals surface area contributed by atoms with Crippen LogP contribution in [0.1, 0.15) is 36.3 Å². The molecule has 24 heavy (non-hydrogen) atoms. The molecule has 1 unspecified atom stereocenters. The first kappa shape index (κ1) is 15.4. The molecule has 4 atom stereocenters. The van der Waals surface area contributed by atoms with E-state index >= 15 is 0 Å². The van der Waals surface area contributed by atoms with Crippen molar-refractivity contribution in [2.75, 3.05) is 7.11 Å². The second kappa shape index (κ2) is 6.40. The van der Waals surface area contributed by atoms with Gasteiger partial charge in [0.1, 0.15) is 18.3 Å². The summed E-state index contributed by atoms with van der Waals surface area (Å²) in [6.45, 7) is 0.969. The second-order valence-electron chi connectivity index (χ2n) is 7.03. The fourth-order valence-electron chi connectivity index (χ4n) is 4.50. The number of quaternary nitrogens is 1. The van der Waals surface area contributed by atoms with Crippen molar-refractivity contribution in [1.82, 2.24) is 0 Å². The SMILES string of the molecule is COc1ccc([C@H]2C[C@H]3CC[C@H](C2=O)[NH+]3Cc2ccccc2)cc1. The predicted octanol–water partition coefficient (Wildman–Crippen LogP) is 2.37. The third-order valence-electron chi connectivity index (χ3n) is 5.75. The summed E-state index contributed by atoms with van der Waals surface area (Å²) >= 11 is 0. The zero-order valence-electron chi connectivity index (χ0n) is 14.1. The smallest absolute Gasteiger partial charge is 0.197 e. The molecular formula is C21H24NO2+. The van der Waals surface area contributed by atoms with Crippen molar-refractivity contribution in [1.29, 1.82) is 0 Å². The summed E-state index contributed by atoms with van der Waals surface area (Å²) in [7, 11) is 1.67. The lowest BCUT2D eigenvalue weighted by Gasteiger charge is -2.35. The van der Waals surface area contributed by atoms with E-state index in [1.54, 1.807) is 7.11 Å². The number of ketones is 1. The van der Waals surface area contributed by atoms with Crippen LogP contribution in [0.2, 0.25) is 0 Å². The highest BCUT2D eigenvalue weighted by Crippen LogP contribution is 2.33. The van der Waals surface area contributed by atoms with Gasteiger partial charge in [0.05, 0.1) is 19.1 Å². The van der Waals surface area contributed by atoms with Crippen LogP contribution in [0.4, 0.5) is 0 Å². The summed E-state index contributed by atoms with van der Waals surface area (Å²) in [5, 5.41) is 0. The number of nitrogens with one attached hydrogen (secondary N) is 1. The molecule has 0 aliphatic carbocycles. The molecule has 2 fully saturated rings. The molecule has 2 aromatic rings. The van der Waals surface area contributed by atoms with Crippen molar-refractivity contribution in [3.63, 3.8) is 0 Å². The minimum atomic E-state index is 0.0629. The van der Waals surface area contributed by atoms with E-state index < -0.39 is 0 Å². The van der Waals surface area contributed by atoms with Crippen molar-refractivity contribution in [2.45, 2.75) is 43.8 Å². The Morgan fingerprint density at radius 2 is 1.79 bits per heavy atom. The van der Waals surface area contributed by atoms with Crippen LogP contribution >= 0.6 is 0 Å². The average Bonchev–Trinajstić information content (AvgIpc) is 2.93. The van der Waals surface area contributed by atoms with Gasteiger partial charge in [0, 0.05) is 24.8 Å². The van der Waals surface area contributed by atoms with Gasteiger partial charge in [-0.15, -0.1) is 0 Å². The summed E-state index contributed by atoms with van der Waals surface area (Å²) < 4.78 is 5.23. The van der Waals surface area contributed by atoms with E-state index in [0.29, 0.717) is 11.8 Å². The Balaban J connectivity index is 1.53. The van der Waals surface area contributed by atoms with Gasteiger partial charge >= 0.3 is 0 Å². The first-order valence-corrected chi connectivity index (χ1v) is 8.83. The molecule has 2 aromatic carbocycles. The Kier molecular flexibility index (Phi) is 4.11. The number of carbonyl (C=O) groups excluding carboxylic acids is 1. The normalized spacial score (nSPS) is 28.8. The summed E-state index contributed by atoms with van der Waals surface area (Å²) in [5.41, 5.74) is 2.48. The lowest BCUT2D eigenvalue weighted by molar-refractivity contribution is -0.943. The lowest BCUT2D eigenvalue weighted by Crippen LogP contribution is -3.18. The summed E-state index contributed by atoms with van der Waals surface area (Å²) in [5.74, 6) is 1.34. The van der Waals surface area contributed by atoms with Crippen LogP contribution in [0.5, 0.6) is 5.75 Å². The molecule has 124 valence electrons. The summed E-state index contributed by atoms with van der Waals surface area (Å²) in [6.07, 6.45) is 3.19. The Morgan fingerprint density at radius 1 is 1.04 bits per heavy atom. The molecule has 3 heteroatoms. The van der Waals surface area contributed by atoms with Crippen molar-refractivity contribution in [3.8, 4) is 5.75 Å². The van der Waals surface area contributed by atoms with E-state index in [1.165, 1.54) is 16.9 Å². The van der Waals surface area contributed by atoms with Crippen LogP contribution in [-0.4, -0.2) is 25.0 Å². The maximum absolute atomic E-state index is 13.1. The highest BCUT2D eigenvalue weighted by Gasteiger charge is 2.50. The number of methoxy groups -OCH3 is 1. The van der Waals surface area contributed by atoms with Gasteiger partial charge in [0.15, 0.2) is 5.78 Å². The van der Waals surface area contributed by atoms with Gasteiger partial charge in [0.2, 0.25) is 0 Å². The number of hydrogen-bond donors (Lipinski definition) is 1. The number of carbonyl (C=O) groups is 1. The minimum absolute atomic E-state index is 0.0629. The van der Waals surface area contributed by atoms with E-state index in [0.717, 1.165) is 30.7 Å². The molecule has 2 saturated heterocycles. The van der Waals surface area contributed by atoms with Crippen molar-refractivity contribution < 1.29 is 14.4 Å². The maximum atomic E-state index is 13.1. The van der Waals surface area contributed by atoms with Crippen LogP contribution in [-0.2, 0) is 11.3 Å². The number of piperidine rings is 1. The van der Waals surface area contributed by atoms with Crippen LogP contribution in [0, 0.1) is 0 Å². The number of rotatable bonds is 4. The number of ether oxygens (including phenoxy) is 1. The molecule has 0 aromatic heterocycles. The molecule has 4 rings (SSSR count). The zero-order valence-corrected chi connectivity index (χ0v) is 14.1. The van der Waals surface area contributed by atoms with E-state index in [9.17, 15) is 4.79 Å². The van der Waals surface area contributed by atoms with Crippen LogP contribution in [0.25, 0.3) is 0 Å². The topological polar surface area (TPSA) is 30.7 Å². The monoisotopic (exact) mass is 322 g/mol. The fraction of sp³-hybridized carbons (Fsp3) is 0.381. The zero-order chi connectivity index (χ0) is 16.5. The molecule has 2 aliphatic rings. The van der Waals surface area contributed by atoms with E-state index in [2.05, 4.69) is 42.5 Å². The lowest BCUT2D eigenvalue weighted by atomic mass is 9.83. The maximum Gasteiger partial charge on any atom is 0.197 e. The standard InChI is InChI=1S/C21H23NO2/c1-24-18-10-7-16(8-11-18)19-13-17-9-12-20(21(19)23)22(17)14-15-5-3-2-4-6-15/h2-8,10-11,17,19-20H,9,12-14H2,1H3/p+1/t17-,19-,20-/m1/s1. The van der Waals surface area contributed by atoms with E-state index in [-0.39, 0.29) is 12.0 Å². The van der Waals surface area contributed by atoms with Gasteiger partial charge in [-0.05, 0) is 17.7 Å². The highest BCUT2D eigenvalue weighted by molar-refractivity contribution is 5.90. The van der Waals surface area contributed by atoms with E-state index in [1.807, 2.05) is 12.1 Å². The molecule has 3 nitrogen and oxygen atoms in total. The third-order valence-corrected chi connectivity index (χ3v) is 5.75. The Labute approximate surface area is 143 Å². The van der Waals surface area contributed by atoms with Gasteiger partial charge in [-0.3, -0.25) is 4.79 Å². The molecule has 2 bridgehead atoms. The summed E-state index contributed by atoms with van der Waals surface area (Å²) in [6, 6.07) is 19.4. The first-order valence-electron chi connectivity index (χ1n) is 8.83. The predicted molar refractivity (Wildman–Crippen MR) is 93.3 cm³/mol. The van der Waals surface area contributed by atoms with Gasteiger partial charge in [0.25, 0.3) is 0 Å². The average molecular weight is 322 g/mol. The second-order valence-corrected chi connectivity index (χ2v) is 7.03. The number of fused-ring (bicyclic) bond motifs is 2. The van der Waals surface area contributed by atoms with E-state index in [4.69, 9.17) is 4.74 Å². The van der Waals surface area contributed by atoms with Crippen molar-refractivity contribution >= 4 is 5.78 Å². The summed E-state index contributed by atoms with van der Waals surface area (Å²) in [4.78, 5) is 14.6. The minimum Gasteiger partial charge on any atom is -0.497 e. The first-order chi connectivity index (χ1) is 11.8. The Bertz CT molecular complexity index is 710. The van der Waals surface area contributed by atoms with Gasteiger partial charge in [-0.2, -0.15) is 0 Å². The van der Waals surface area contributed by atoms with Crippen LogP contribution in [0.15, 0.2) is 54.6 Å². The molecule has 0 radical (unpaired) electrons. The molecule has 1 N–H and O–H groups in total. The highest BCUT2D eigenvalue weighted by atomic mass is 16.5. The Hall–Kier alpha value is -2.13. The van der Waals surface area contributed by atoms with Crippen LogP contribution < -0.4 is 9.64 Å². The molecule has 0 saturated carbocycles. The van der Waals surface area contributed by atoms with Gasteiger partial charge < -0.3 is 9.64 Å². The van der Waals surface area contributed by atoms with Crippen molar-refractivity contribution in [2.24, 2.45) is 0 Å². The van der Waals surface area contributed by atoms with Gasteiger partial charge in [-0.1, -0.05) is 42.5 Å². The Morgan fingerprint density at radius 3 is 2.50 bits per heavy atom. The van der Waals surface area contributed by atoms with Crippen molar-refractivity contribution in [3.05, 3.63) is 65.7 Å². The molecule has 0 amide bonds. The fourth-order valence-corrected chi connectivity index (χ4v) is 4.50. The quantitative estimate of drug-likeness (QED) is 0.937. The third kappa shape index (κ3) is 2.73. The molecule has 2 aliphatic heterocycles. The van der Waals surface area contributed by atoms with Gasteiger partial charge in [-0.25, -0.2) is 0 Å². The molecular weight excluding hydrogens is 298 g/mol. The molecule has 2 heterocycles. The number of Topliss-reactive ketones (excluding diaryl/α,β-unsaturated/α-hetero) is 1. The molecule has 0 spiro atoms.